The molecule has 38 heavy (non-hydrogen) atoms. The first-order chi connectivity index (χ1) is 18.2. The molecule has 2 atom stereocenters. The Balaban J connectivity index is 1.78. The number of ether oxygens (including phenoxy) is 1. The third-order valence-corrected chi connectivity index (χ3v) is 8.07. The highest BCUT2D eigenvalue weighted by Crippen LogP contribution is 2.43. The largest absolute Gasteiger partial charge is 0.494 e. The lowest BCUT2D eigenvalue weighted by atomic mass is 9.93. The van der Waals surface area contributed by atoms with Gasteiger partial charge >= 0.3 is 0 Å². The van der Waals surface area contributed by atoms with E-state index in [0.717, 1.165) is 12.1 Å². The zero-order valence-electron chi connectivity index (χ0n) is 20.5. The molecule has 4 aromatic rings. The van der Waals surface area contributed by atoms with Crippen LogP contribution in [0.4, 0.5) is 17.6 Å². The molecule has 0 saturated carbocycles. The van der Waals surface area contributed by atoms with Gasteiger partial charge in [0.25, 0.3) is 5.56 Å². The molecule has 0 amide bonds. The Kier molecular flexibility index (Phi) is 7.02. The molecule has 2 N–H and O–H groups in total. The van der Waals surface area contributed by atoms with Crippen LogP contribution < -0.4 is 16.0 Å². The van der Waals surface area contributed by atoms with Crippen molar-refractivity contribution in [2.75, 3.05) is 12.9 Å². The number of fused-ring (bicyclic) bond motifs is 1. The van der Waals surface area contributed by atoms with Crippen LogP contribution in [0.5, 0.6) is 5.75 Å². The second-order valence-electron chi connectivity index (χ2n) is 8.93. The predicted octanol–water partition coefficient (Wildman–Crippen LogP) is 5.72. The zero-order valence-corrected chi connectivity index (χ0v) is 21.3. The Bertz CT molecular complexity index is 1590. The van der Waals surface area contributed by atoms with Crippen LogP contribution in [0.3, 0.4) is 0 Å². The summed E-state index contributed by atoms with van der Waals surface area (Å²) in [6.07, 6.45) is 1.22. The van der Waals surface area contributed by atoms with Crippen molar-refractivity contribution in [2.24, 2.45) is 5.73 Å². The number of methoxy groups -OCH3 is 1. The van der Waals surface area contributed by atoms with Crippen molar-refractivity contribution in [3.63, 3.8) is 0 Å². The van der Waals surface area contributed by atoms with E-state index in [1.54, 1.807) is 13.0 Å². The van der Waals surface area contributed by atoms with Gasteiger partial charge in [-0.05, 0) is 48.4 Å². The van der Waals surface area contributed by atoms with Crippen molar-refractivity contribution in [2.45, 2.75) is 30.5 Å². The molecule has 0 radical (unpaired) electrons. The summed E-state index contributed by atoms with van der Waals surface area (Å²) in [4.78, 5) is 18.1. The lowest BCUT2D eigenvalue weighted by Crippen LogP contribution is -2.34. The predicted molar refractivity (Wildman–Crippen MR) is 137 cm³/mol. The monoisotopic (exact) mass is 541 g/mol. The van der Waals surface area contributed by atoms with Crippen molar-refractivity contribution >= 4 is 11.8 Å². The summed E-state index contributed by atoms with van der Waals surface area (Å²) >= 11 is 1.28. The Morgan fingerprint density at radius 2 is 1.74 bits per heavy atom. The lowest BCUT2D eigenvalue weighted by Gasteiger charge is -2.24. The minimum Gasteiger partial charge on any atom is -0.494 e. The molecule has 1 aliphatic heterocycles. The van der Waals surface area contributed by atoms with Crippen molar-refractivity contribution in [3.8, 4) is 16.9 Å². The van der Waals surface area contributed by atoms with Gasteiger partial charge in [-0.2, -0.15) is 0 Å². The van der Waals surface area contributed by atoms with E-state index < -0.39 is 40.9 Å². The SMILES string of the molecule is COc1cccc(-c2c(C)c(Cc3c(F)cccc3F)c3n(c2=O)C(C(N)c2ncccc2F)CS3)c1F. The molecule has 0 fully saturated rings. The maximum Gasteiger partial charge on any atom is 0.260 e. The van der Waals surface area contributed by atoms with Crippen LogP contribution in [0, 0.1) is 30.2 Å². The first-order valence-corrected chi connectivity index (χ1v) is 12.8. The molecule has 3 heterocycles. The number of nitrogens with zero attached hydrogens (tertiary/aromatic N) is 2. The normalized spacial score (nSPS) is 15.4. The van der Waals surface area contributed by atoms with Crippen LogP contribution in [0.1, 0.15) is 34.5 Å². The van der Waals surface area contributed by atoms with Gasteiger partial charge in [0.1, 0.15) is 17.5 Å². The molecule has 1 aliphatic rings. The smallest absolute Gasteiger partial charge is 0.260 e. The fourth-order valence-electron chi connectivity index (χ4n) is 4.88. The molecule has 10 heteroatoms. The van der Waals surface area contributed by atoms with Gasteiger partial charge in [0.2, 0.25) is 0 Å². The van der Waals surface area contributed by atoms with Gasteiger partial charge in [-0.3, -0.25) is 14.3 Å². The maximum atomic E-state index is 15.4. The first-order valence-electron chi connectivity index (χ1n) is 11.8. The van der Waals surface area contributed by atoms with E-state index in [1.807, 2.05) is 0 Å². The molecular weight excluding hydrogens is 518 g/mol. The molecule has 5 nitrogen and oxygen atoms in total. The Labute approximate surface area is 220 Å². The summed E-state index contributed by atoms with van der Waals surface area (Å²) in [6.45, 7) is 1.62. The fraction of sp³-hybridized carbons (Fsp3) is 0.214. The average molecular weight is 542 g/mol. The van der Waals surface area contributed by atoms with Gasteiger partial charge in [0, 0.05) is 29.5 Å². The number of aromatic nitrogens is 2. The van der Waals surface area contributed by atoms with Gasteiger partial charge < -0.3 is 10.5 Å². The number of hydrogen-bond acceptors (Lipinski definition) is 5. The van der Waals surface area contributed by atoms with E-state index >= 15 is 4.39 Å². The van der Waals surface area contributed by atoms with E-state index in [-0.39, 0.29) is 40.3 Å². The lowest BCUT2D eigenvalue weighted by molar-refractivity contribution is 0.387. The molecular formula is C28H23F4N3O2S. The summed E-state index contributed by atoms with van der Waals surface area (Å²) in [6, 6.07) is 8.90. The van der Waals surface area contributed by atoms with Gasteiger partial charge in [0.05, 0.1) is 35.5 Å². The van der Waals surface area contributed by atoms with Gasteiger partial charge in [0.15, 0.2) is 11.6 Å². The Morgan fingerprint density at radius 1 is 1.05 bits per heavy atom. The first kappa shape index (κ1) is 26.0. The van der Waals surface area contributed by atoms with Gasteiger partial charge in [-0.25, -0.2) is 17.6 Å². The van der Waals surface area contributed by atoms with Gasteiger partial charge in [-0.1, -0.05) is 18.2 Å². The van der Waals surface area contributed by atoms with E-state index in [2.05, 4.69) is 4.98 Å². The Morgan fingerprint density at radius 3 is 2.42 bits per heavy atom. The van der Waals surface area contributed by atoms with Crippen LogP contribution in [0.15, 0.2) is 64.5 Å². The number of pyridine rings is 2. The van der Waals surface area contributed by atoms with Crippen LogP contribution >= 0.6 is 11.8 Å². The van der Waals surface area contributed by atoms with Crippen LogP contribution in [-0.4, -0.2) is 22.4 Å². The van der Waals surface area contributed by atoms with E-state index in [9.17, 15) is 18.0 Å². The number of rotatable bonds is 6. The van der Waals surface area contributed by atoms with Crippen LogP contribution in [0.25, 0.3) is 11.1 Å². The molecule has 2 unspecified atom stereocenters. The number of halogens is 4. The summed E-state index contributed by atoms with van der Waals surface area (Å²) in [7, 11) is 1.31. The molecule has 0 aliphatic carbocycles. The molecule has 2 aromatic carbocycles. The second kappa shape index (κ2) is 10.3. The Hall–Kier alpha value is -3.63. The van der Waals surface area contributed by atoms with Crippen LogP contribution in [0.2, 0.25) is 0 Å². The average Bonchev–Trinajstić information content (AvgIpc) is 3.34. The highest BCUT2D eigenvalue weighted by molar-refractivity contribution is 7.99. The number of thioether (sulfide) groups is 1. The molecule has 5 rings (SSSR count). The summed E-state index contributed by atoms with van der Waals surface area (Å²) in [5.41, 5.74) is 6.51. The van der Waals surface area contributed by atoms with E-state index in [4.69, 9.17) is 10.5 Å². The zero-order chi connectivity index (χ0) is 27.1. The quantitative estimate of drug-likeness (QED) is 0.316. The number of hydrogen-bond donors (Lipinski definition) is 1. The highest BCUT2D eigenvalue weighted by Gasteiger charge is 2.36. The standard InChI is InChI=1S/C28H23F4N3O2S/c1-14-16(12-17-18(29)7-4-8-19(17)30)28-35(21(13-38-28)25(33)26-20(31)9-5-11-34-26)27(36)23(14)15-6-3-10-22(37-2)24(15)32/h3-11,21,25H,12-13,33H2,1-2H3. The van der Waals surface area contributed by atoms with E-state index in [0.29, 0.717) is 16.2 Å². The third-order valence-electron chi connectivity index (χ3n) is 6.84. The summed E-state index contributed by atoms with van der Waals surface area (Å²) < 4.78 is 65.9. The molecule has 0 spiro atoms. The van der Waals surface area contributed by atoms with Crippen molar-refractivity contribution in [3.05, 3.63) is 111 Å². The van der Waals surface area contributed by atoms with E-state index in [1.165, 1.54) is 60.0 Å². The molecule has 0 saturated heterocycles. The minimum atomic E-state index is -1.01. The fourth-order valence-corrected chi connectivity index (χ4v) is 6.32. The number of nitrogens with two attached hydrogens (primary N) is 1. The molecule has 0 bridgehead atoms. The molecule has 196 valence electrons. The van der Waals surface area contributed by atoms with Gasteiger partial charge in [-0.15, -0.1) is 11.8 Å². The second-order valence-corrected chi connectivity index (χ2v) is 9.94. The summed E-state index contributed by atoms with van der Waals surface area (Å²) in [5, 5.41) is 0.444. The number of benzene rings is 2. The maximum absolute atomic E-state index is 15.4. The van der Waals surface area contributed by atoms with Crippen molar-refractivity contribution < 1.29 is 22.3 Å². The summed E-state index contributed by atoms with van der Waals surface area (Å²) in [5.74, 6) is -2.63. The third kappa shape index (κ3) is 4.27. The highest BCUT2D eigenvalue weighted by atomic mass is 32.2. The minimum absolute atomic E-state index is 0.0121. The van der Waals surface area contributed by atoms with Crippen LogP contribution in [-0.2, 0) is 6.42 Å². The molecule has 2 aromatic heterocycles. The van der Waals surface area contributed by atoms with Crippen molar-refractivity contribution in [1.29, 1.82) is 0 Å². The van der Waals surface area contributed by atoms with Crippen molar-refractivity contribution in [1.82, 2.24) is 9.55 Å². The topological polar surface area (TPSA) is 70.1 Å².